The predicted octanol–water partition coefficient (Wildman–Crippen LogP) is 3.88. The largest absolute Gasteiger partial charge is 0.493 e. The number of hydrogen-bond acceptors (Lipinski definition) is 5. The van der Waals surface area contributed by atoms with E-state index in [4.69, 9.17) is 19.0 Å². The van der Waals surface area contributed by atoms with Gasteiger partial charge < -0.3 is 24.6 Å². The van der Waals surface area contributed by atoms with Crippen molar-refractivity contribution in [3.63, 3.8) is 0 Å². The third-order valence-electron chi connectivity index (χ3n) is 4.55. The van der Waals surface area contributed by atoms with Crippen LogP contribution in [0.2, 0.25) is 0 Å². The van der Waals surface area contributed by atoms with Gasteiger partial charge in [0.1, 0.15) is 12.0 Å². The number of para-hydroxylation sites is 1. The smallest absolute Gasteiger partial charge is 0.191 e. The van der Waals surface area contributed by atoms with Gasteiger partial charge in [0.2, 0.25) is 0 Å². The highest BCUT2D eigenvalue weighted by molar-refractivity contribution is 14.0. The first-order chi connectivity index (χ1) is 13.3. The van der Waals surface area contributed by atoms with Crippen molar-refractivity contribution >= 4 is 29.9 Å². The van der Waals surface area contributed by atoms with Gasteiger partial charge in [-0.1, -0.05) is 17.3 Å². The van der Waals surface area contributed by atoms with Gasteiger partial charge in [0.25, 0.3) is 0 Å². The number of halogens is 1. The number of guanidine groups is 1. The maximum atomic E-state index is 6.28. The van der Waals surface area contributed by atoms with Gasteiger partial charge in [-0.3, -0.25) is 0 Å². The first kappa shape index (κ1) is 22.3. The quantitative estimate of drug-likeness (QED) is 0.326. The summed E-state index contributed by atoms with van der Waals surface area (Å²) in [5.74, 6) is 2.29. The maximum absolute atomic E-state index is 6.28. The molecule has 0 aliphatic heterocycles. The molecule has 28 heavy (non-hydrogen) atoms. The fourth-order valence-electron chi connectivity index (χ4n) is 3.16. The van der Waals surface area contributed by atoms with Crippen LogP contribution in [-0.4, -0.2) is 30.9 Å². The van der Waals surface area contributed by atoms with E-state index in [1.54, 1.807) is 13.4 Å². The van der Waals surface area contributed by atoms with Crippen molar-refractivity contribution in [2.45, 2.75) is 51.8 Å². The number of aromatic nitrogens is 1. The van der Waals surface area contributed by atoms with Crippen LogP contribution in [0.3, 0.4) is 0 Å². The molecule has 0 unspecified atom stereocenters. The lowest BCUT2D eigenvalue weighted by Crippen LogP contribution is -2.36. The van der Waals surface area contributed by atoms with Crippen molar-refractivity contribution < 1.29 is 14.0 Å². The molecular formula is C20H29IN4O3. The summed E-state index contributed by atoms with van der Waals surface area (Å²) in [4.78, 5) is 4.69. The zero-order valence-corrected chi connectivity index (χ0v) is 18.8. The second-order valence-electron chi connectivity index (χ2n) is 6.51. The van der Waals surface area contributed by atoms with Gasteiger partial charge in [0, 0.05) is 18.2 Å². The van der Waals surface area contributed by atoms with Gasteiger partial charge >= 0.3 is 0 Å². The Kier molecular flexibility index (Phi) is 9.39. The van der Waals surface area contributed by atoms with Crippen LogP contribution in [0.4, 0.5) is 0 Å². The first-order valence-corrected chi connectivity index (χ1v) is 9.54. The van der Waals surface area contributed by atoms with Crippen LogP contribution in [0.25, 0.3) is 0 Å². The van der Waals surface area contributed by atoms with Crippen LogP contribution < -0.4 is 20.1 Å². The van der Waals surface area contributed by atoms with Crippen LogP contribution >= 0.6 is 24.0 Å². The molecule has 0 amide bonds. The summed E-state index contributed by atoms with van der Waals surface area (Å²) < 4.78 is 16.7. The average Bonchev–Trinajstić information content (AvgIpc) is 3.39. The van der Waals surface area contributed by atoms with Gasteiger partial charge in [0.05, 0.1) is 26.3 Å². The van der Waals surface area contributed by atoms with Crippen LogP contribution in [-0.2, 0) is 13.1 Å². The molecule has 0 bridgehead atoms. The molecule has 1 saturated carbocycles. The predicted molar refractivity (Wildman–Crippen MR) is 119 cm³/mol. The Morgan fingerprint density at radius 1 is 1.25 bits per heavy atom. The number of nitrogens with one attached hydrogen (secondary N) is 2. The van der Waals surface area contributed by atoms with E-state index >= 15 is 0 Å². The van der Waals surface area contributed by atoms with E-state index in [0.29, 0.717) is 13.1 Å². The minimum Gasteiger partial charge on any atom is -0.493 e. The van der Waals surface area contributed by atoms with Gasteiger partial charge in [0.15, 0.2) is 17.5 Å². The molecule has 1 fully saturated rings. The number of rotatable bonds is 8. The van der Waals surface area contributed by atoms with Crippen molar-refractivity contribution in [2.75, 3.05) is 13.7 Å². The molecule has 1 aliphatic rings. The number of nitrogens with zero attached hydrogens (tertiary/aromatic N) is 2. The zero-order chi connectivity index (χ0) is 18.9. The molecule has 8 heteroatoms. The fourth-order valence-corrected chi connectivity index (χ4v) is 3.16. The van der Waals surface area contributed by atoms with Crippen LogP contribution in [0, 0.1) is 0 Å². The lowest BCUT2D eigenvalue weighted by molar-refractivity contribution is 0.198. The fraction of sp³-hybridized carbons (Fsp3) is 0.500. The summed E-state index contributed by atoms with van der Waals surface area (Å²) >= 11 is 0. The highest BCUT2D eigenvalue weighted by Crippen LogP contribution is 2.35. The second-order valence-corrected chi connectivity index (χ2v) is 6.51. The van der Waals surface area contributed by atoms with E-state index in [1.807, 2.05) is 31.2 Å². The topological polar surface area (TPSA) is 80.9 Å². The first-order valence-electron chi connectivity index (χ1n) is 9.54. The Bertz CT molecular complexity index is 731. The molecule has 0 atom stereocenters. The Labute approximate surface area is 183 Å². The van der Waals surface area contributed by atoms with Gasteiger partial charge in [-0.15, -0.1) is 24.0 Å². The molecule has 1 heterocycles. The lowest BCUT2D eigenvalue weighted by atomic mass is 10.1. The minimum atomic E-state index is 0. The molecule has 0 spiro atoms. The van der Waals surface area contributed by atoms with Crippen molar-refractivity contribution in [1.29, 1.82) is 0 Å². The molecule has 1 aromatic carbocycles. The highest BCUT2D eigenvalue weighted by atomic mass is 127. The van der Waals surface area contributed by atoms with Crippen molar-refractivity contribution in [3.05, 3.63) is 41.8 Å². The molecular weight excluding hydrogens is 471 g/mol. The Balaban J connectivity index is 0.00000280. The molecule has 0 saturated heterocycles. The molecule has 1 aliphatic carbocycles. The SMILES string of the molecule is CCNC(=NCc1cccc(OC)c1OC1CCCC1)NCc1ccon1.I. The number of methoxy groups -OCH3 is 1. The van der Waals surface area contributed by atoms with E-state index in [9.17, 15) is 0 Å². The molecule has 1 aromatic heterocycles. The van der Waals surface area contributed by atoms with Crippen molar-refractivity contribution in [3.8, 4) is 11.5 Å². The van der Waals surface area contributed by atoms with Crippen LogP contribution in [0.15, 0.2) is 40.0 Å². The standard InChI is InChI=1S/C20H28N4O3.HI/c1-3-21-20(23-14-16-11-12-26-24-16)22-13-15-7-6-10-18(25-2)19(15)27-17-8-4-5-9-17;/h6-7,10-12,17H,3-5,8-9,13-14H2,1-2H3,(H2,21,22,23);1H. The molecule has 3 rings (SSSR count). The summed E-state index contributed by atoms with van der Waals surface area (Å²) in [5.41, 5.74) is 1.84. The summed E-state index contributed by atoms with van der Waals surface area (Å²) in [7, 11) is 1.67. The van der Waals surface area contributed by atoms with Gasteiger partial charge in [-0.05, 0) is 38.7 Å². The third-order valence-corrected chi connectivity index (χ3v) is 4.55. The van der Waals surface area contributed by atoms with Crippen molar-refractivity contribution in [1.82, 2.24) is 15.8 Å². The van der Waals surface area contributed by atoms with E-state index in [2.05, 4.69) is 15.8 Å². The number of aliphatic imine (C=N–C) groups is 1. The molecule has 2 aromatic rings. The Morgan fingerprint density at radius 3 is 2.75 bits per heavy atom. The summed E-state index contributed by atoms with van der Waals surface area (Å²) in [6, 6.07) is 7.77. The van der Waals surface area contributed by atoms with E-state index in [1.165, 1.54) is 12.8 Å². The summed E-state index contributed by atoms with van der Waals surface area (Å²) in [6.07, 6.45) is 6.48. The minimum absolute atomic E-state index is 0. The molecule has 154 valence electrons. The van der Waals surface area contributed by atoms with Gasteiger partial charge in [-0.25, -0.2) is 4.99 Å². The summed E-state index contributed by atoms with van der Waals surface area (Å²) in [6.45, 7) is 3.85. The average molecular weight is 500 g/mol. The number of ether oxygens (including phenoxy) is 2. The monoisotopic (exact) mass is 500 g/mol. The number of benzene rings is 1. The number of hydrogen-bond donors (Lipinski definition) is 2. The summed E-state index contributed by atoms with van der Waals surface area (Å²) in [5, 5.41) is 10.4. The van der Waals surface area contributed by atoms with Crippen LogP contribution in [0.1, 0.15) is 43.9 Å². The molecule has 2 N–H and O–H groups in total. The maximum Gasteiger partial charge on any atom is 0.191 e. The highest BCUT2D eigenvalue weighted by Gasteiger charge is 2.20. The van der Waals surface area contributed by atoms with Crippen molar-refractivity contribution in [2.24, 2.45) is 4.99 Å². The van der Waals surface area contributed by atoms with E-state index < -0.39 is 0 Å². The molecule has 0 radical (unpaired) electrons. The third kappa shape index (κ3) is 6.29. The normalized spacial score (nSPS) is 14.4. The Hall–Kier alpha value is -1.97. The van der Waals surface area contributed by atoms with Crippen LogP contribution in [0.5, 0.6) is 11.5 Å². The Morgan fingerprint density at radius 2 is 2.07 bits per heavy atom. The van der Waals surface area contributed by atoms with Gasteiger partial charge in [-0.2, -0.15) is 0 Å². The lowest BCUT2D eigenvalue weighted by Gasteiger charge is -2.19. The van der Waals surface area contributed by atoms with E-state index in [0.717, 1.165) is 48.1 Å². The van der Waals surface area contributed by atoms with E-state index in [-0.39, 0.29) is 30.1 Å². The second kappa shape index (κ2) is 11.8. The zero-order valence-electron chi connectivity index (χ0n) is 16.4. The molecule has 7 nitrogen and oxygen atoms in total.